The summed E-state index contributed by atoms with van der Waals surface area (Å²) < 4.78 is 0. The van der Waals surface area contributed by atoms with Crippen LogP contribution in [-0.4, -0.2) is 0 Å². The third-order valence-corrected chi connectivity index (χ3v) is 3.66. The Morgan fingerprint density at radius 2 is 0.792 bits per heavy atom. The van der Waals surface area contributed by atoms with Gasteiger partial charge in [-0.1, -0.05) is 39.5 Å². The molecule has 16 radical (unpaired) electrons. The zero-order valence-corrected chi connectivity index (χ0v) is 17.1. The number of rotatable bonds is 6. The second-order valence-corrected chi connectivity index (χ2v) is 5.76. The van der Waals surface area contributed by atoms with Gasteiger partial charge in [0.15, 0.2) is 0 Å². The zero-order valence-electron chi connectivity index (χ0n) is 15.3. The summed E-state index contributed by atoms with van der Waals surface area (Å²) in [6, 6.07) is 0. The molecule has 0 nitrogen and oxygen atoms in total. The molecule has 0 amide bonds. The Morgan fingerprint density at radius 1 is 0.500 bits per heavy atom. The summed E-state index contributed by atoms with van der Waals surface area (Å²) in [6.07, 6.45) is 34.9. The number of hydrogen-bond donors (Lipinski definition) is 0. The average Bonchev–Trinajstić information content (AvgIpc) is 3.36. The smallest absolute Gasteiger partial charge is 0 e. The fraction of sp³-hybridized carbons (Fsp3) is 0.348. The normalized spacial score (nSPS) is 20.8. The first-order valence-electron chi connectivity index (χ1n) is 8.94. The van der Waals surface area contributed by atoms with Gasteiger partial charge in [0.25, 0.3) is 0 Å². The standard InChI is InChI=1S/2C9H13.C5H5.Sc/c2*1-2-3-6-9-7-4-5-8-9;1-2-4-5-3-1;/h2*4-5,7-8H,2-3,6H2,1H3;1-5H;. The van der Waals surface area contributed by atoms with Crippen LogP contribution < -0.4 is 0 Å². The Hall–Kier alpha value is 0.870. The van der Waals surface area contributed by atoms with Crippen LogP contribution in [0.4, 0.5) is 0 Å². The van der Waals surface area contributed by atoms with Crippen molar-refractivity contribution in [2.75, 3.05) is 0 Å². The molecule has 0 aromatic heterocycles. The maximum atomic E-state index is 2.23. The Kier molecular flexibility index (Phi) is 19.3. The molecule has 0 unspecified atom stereocenters. The van der Waals surface area contributed by atoms with Crippen LogP contribution in [0.2, 0.25) is 0 Å². The van der Waals surface area contributed by atoms with Crippen LogP contribution in [0.3, 0.4) is 0 Å². The van der Waals surface area contributed by atoms with Gasteiger partial charge < -0.3 is 0 Å². The van der Waals surface area contributed by atoms with Crippen LogP contribution >= 0.6 is 0 Å². The Labute approximate surface area is 173 Å². The third-order valence-electron chi connectivity index (χ3n) is 3.66. The molecule has 24 heavy (non-hydrogen) atoms. The van der Waals surface area contributed by atoms with E-state index in [9.17, 15) is 0 Å². The zero-order chi connectivity index (χ0) is 16.6. The Bertz CT molecular complexity index is 195. The first-order valence-corrected chi connectivity index (χ1v) is 8.94. The SMILES string of the molecule is CCCC[C]1[CH][CH][CH][CH]1.CCCC[C]1[CH][CH][CH][CH]1.[CH]1[CH][CH][CH][CH]1.[Sc]. The van der Waals surface area contributed by atoms with E-state index in [0.29, 0.717) is 0 Å². The molecule has 0 aromatic carbocycles. The van der Waals surface area contributed by atoms with E-state index in [1.54, 1.807) is 0 Å². The molecule has 0 atom stereocenters. The molecule has 3 aliphatic rings. The molecular weight excluding hydrogens is 321 g/mol. The van der Waals surface area contributed by atoms with Gasteiger partial charge in [-0.25, -0.2) is 0 Å². The molecule has 0 bridgehead atoms. The van der Waals surface area contributed by atoms with E-state index in [-0.39, 0.29) is 25.8 Å². The molecule has 0 heterocycles. The predicted molar refractivity (Wildman–Crippen MR) is 101 cm³/mol. The van der Waals surface area contributed by atoms with Crippen LogP contribution in [0, 0.1) is 95.3 Å². The molecule has 3 rings (SSSR count). The molecular formula is C23H31Sc. The van der Waals surface area contributed by atoms with Crippen molar-refractivity contribution in [3.8, 4) is 0 Å². The van der Waals surface area contributed by atoms with Crippen molar-refractivity contribution in [3.63, 3.8) is 0 Å². The van der Waals surface area contributed by atoms with Gasteiger partial charge in [0.2, 0.25) is 0 Å². The summed E-state index contributed by atoms with van der Waals surface area (Å²) in [6.45, 7) is 4.45. The van der Waals surface area contributed by atoms with Gasteiger partial charge in [-0.3, -0.25) is 0 Å². The van der Waals surface area contributed by atoms with Gasteiger partial charge in [0.1, 0.15) is 0 Å². The van der Waals surface area contributed by atoms with E-state index in [1.807, 2.05) is 32.1 Å². The summed E-state index contributed by atoms with van der Waals surface area (Å²) in [5, 5.41) is 0. The van der Waals surface area contributed by atoms with Crippen molar-refractivity contribution >= 4 is 0 Å². The first kappa shape index (κ1) is 24.9. The topological polar surface area (TPSA) is 0 Å². The van der Waals surface area contributed by atoms with Crippen LogP contribution in [0.5, 0.6) is 0 Å². The van der Waals surface area contributed by atoms with Gasteiger partial charge in [-0.15, -0.1) is 0 Å². The molecule has 3 fully saturated rings. The van der Waals surface area contributed by atoms with Crippen molar-refractivity contribution in [2.24, 2.45) is 0 Å². The maximum Gasteiger partial charge on any atom is 0 e. The largest absolute Gasteiger partial charge is 0.0654 e. The molecule has 0 aliphatic heterocycles. The maximum absolute atomic E-state index is 2.23. The number of unbranched alkanes of at least 4 members (excludes halogenated alkanes) is 2. The van der Waals surface area contributed by atoms with Crippen LogP contribution in [0.15, 0.2) is 0 Å². The van der Waals surface area contributed by atoms with Crippen LogP contribution in [0.1, 0.15) is 52.4 Å². The van der Waals surface area contributed by atoms with Gasteiger partial charge in [-0.05, 0) is 108 Å². The second kappa shape index (κ2) is 18.7. The van der Waals surface area contributed by atoms with Gasteiger partial charge in [0, 0.05) is 25.8 Å². The summed E-state index contributed by atoms with van der Waals surface area (Å²) in [4.78, 5) is 0. The summed E-state index contributed by atoms with van der Waals surface area (Å²) in [5.74, 6) is 2.97. The van der Waals surface area contributed by atoms with Crippen molar-refractivity contribution in [1.29, 1.82) is 0 Å². The van der Waals surface area contributed by atoms with E-state index in [2.05, 4.69) is 65.2 Å². The van der Waals surface area contributed by atoms with Crippen molar-refractivity contribution in [2.45, 2.75) is 52.4 Å². The van der Waals surface area contributed by atoms with E-state index < -0.39 is 0 Å². The second-order valence-electron chi connectivity index (χ2n) is 5.76. The quantitative estimate of drug-likeness (QED) is 0.535. The van der Waals surface area contributed by atoms with Crippen LogP contribution in [0.25, 0.3) is 0 Å². The molecule has 0 aromatic rings. The van der Waals surface area contributed by atoms with Gasteiger partial charge in [-0.2, -0.15) is 0 Å². The fourth-order valence-corrected chi connectivity index (χ4v) is 2.24. The molecule has 0 saturated heterocycles. The van der Waals surface area contributed by atoms with Crippen LogP contribution in [-0.2, 0) is 25.8 Å². The minimum Gasteiger partial charge on any atom is -0.0654 e. The molecule has 0 N–H and O–H groups in total. The third kappa shape index (κ3) is 14.1. The van der Waals surface area contributed by atoms with E-state index >= 15 is 0 Å². The molecule has 126 valence electrons. The minimum absolute atomic E-state index is 0. The van der Waals surface area contributed by atoms with Gasteiger partial charge in [0.05, 0.1) is 0 Å². The monoisotopic (exact) mass is 352 g/mol. The van der Waals surface area contributed by atoms with Crippen molar-refractivity contribution < 1.29 is 25.8 Å². The summed E-state index contributed by atoms with van der Waals surface area (Å²) in [7, 11) is 0. The number of hydrogen-bond acceptors (Lipinski definition) is 0. The summed E-state index contributed by atoms with van der Waals surface area (Å²) >= 11 is 0. The first-order chi connectivity index (χ1) is 11.4. The Morgan fingerprint density at radius 3 is 1.04 bits per heavy atom. The van der Waals surface area contributed by atoms with E-state index in [1.165, 1.54) is 50.4 Å². The van der Waals surface area contributed by atoms with E-state index in [0.717, 1.165) is 0 Å². The van der Waals surface area contributed by atoms with Gasteiger partial charge >= 0.3 is 0 Å². The predicted octanol–water partition coefficient (Wildman–Crippen LogP) is 6.18. The van der Waals surface area contributed by atoms with Crippen molar-refractivity contribution in [3.05, 3.63) is 95.3 Å². The minimum atomic E-state index is 0. The van der Waals surface area contributed by atoms with Crippen molar-refractivity contribution in [1.82, 2.24) is 0 Å². The fourth-order valence-electron chi connectivity index (χ4n) is 2.24. The average molecular weight is 352 g/mol. The molecule has 0 spiro atoms. The van der Waals surface area contributed by atoms with E-state index in [4.69, 9.17) is 0 Å². The Balaban J connectivity index is 0.000000337. The molecule has 3 saturated carbocycles. The summed E-state index contributed by atoms with van der Waals surface area (Å²) in [5.41, 5.74) is 0. The molecule has 1 heteroatoms. The molecule has 3 aliphatic carbocycles.